The first-order chi connectivity index (χ1) is 3.79. The van der Waals surface area contributed by atoms with Crippen LogP contribution in [0.5, 0.6) is 0 Å². The van der Waals surface area contributed by atoms with Crippen LogP contribution in [0.25, 0.3) is 0 Å². The van der Waals surface area contributed by atoms with E-state index in [1.807, 2.05) is 6.92 Å². The molecule has 1 aromatic rings. The molecule has 0 amide bonds. The maximum atomic E-state index is 3.92. The van der Waals surface area contributed by atoms with E-state index in [0.717, 1.165) is 10.3 Å². The van der Waals surface area contributed by atoms with Gasteiger partial charge in [-0.2, -0.15) is 0 Å². The molecule has 50 valence electrons. The Kier molecular flexibility index (Phi) is 3.39. The summed E-state index contributed by atoms with van der Waals surface area (Å²) in [5.74, 6) is 0.799. The van der Waals surface area contributed by atoms with Gasteiger partial charge in [-0.25, -0.2) is 9.97 Å². The van der Waals surface area contributed by atoms with E-state index >= 15 is 0 Å². The highest BCUT2D eigenvalue weighted by molar-refractivity contribution is 9.10. The Bertz CT molecular complexity index is 150. The van der Waals surface area contributed by atoms with Gasteiger partial charge in [-0.15, -0.1) is 0 Å². The molecule has 0 aromatic carbocycles. The Balaban J connectivity index is 0.000000640. The number of hydrogen-bond donors (Lipinski definition) is 0. The molecule has 2 nitrogen and oxygen atoms in total. The molecule has 0 aliphatic heterocycles. The van der Waals surface area contributed by atoms with Gasteiger partial charge < -0.3 is 0 Å². The summed E-state index contributed by atoms with van der Waals surface area (Å²) in [6.45, 7) is 1.85. The van der Waals surface area contributed by atoms with E-state index in [0.29, 0.717) is 0 Å². The average molecular weight is 189 g/mol. The molecule has 0 spiro atoms. The van der Waals surface area contributed by atoms with Crippen molar-refractivity contribution in [2.75, 3.05) is 0 Å². The summed E-state index contributed by atoms with van der Waals surface area (Å²) in [7, 11) is 0. The van der Waals surface area contributed by atoms with Crippen LogP contribution in [0.2, 0.25) is 0 Å². The number of hydrogen-bond acceptors (Lipinski definition) is 2. The van der Waals surface area contributed by atoms with Gasteiger partial charge in [0.15, 0.2) is 0 Å². The lowest BCUT2D eigenvalue weighted by Crippen LogP contribution is -1.82. The van der Waals surface area contributed by atoms with Crippen molar-refractivity contribution in [3.8, 4) is 0 Å². The molecule has 0 saturated heterocycles. The van der Waals surface area contributed by atoms with E-state index in [1.165, 1.54) is 0 Å². The minimum atomic E-state index is 0. The Morgan fingerprint density at radius 2 is 1.78 bits per heavy atom. The maximum absolute atomic E-state index is 3.92. The SMILES string of the molecule is C.Cc1ncc(Br)cn1. The fraction of sp³-hybridized carbons (Fsp3) is 0.333. The summed E-state index contributed by atoms with van der Waals surface area (Å²) in [6.07, 6.45) is 3.45. The standard InChI is InChI=1S/C5H5BrN2.CH4/c1-4-7-2-5(6)3-8-4;/h2-3H,1H3;1H4. The Hall–Kier alpha value is -0.440. The molecular formula is C6H9BrN2. The van der Waals surface area contributed by atoms with Gasteiger partial charge in [-0.3, -0.25) is 0 Å². The van der Waals surface area contributed by atoms with Gasteiger partial charge in [0.25, 0.3) is 0 Å². The smallest absolute Gasteiger partial charge is 0.125 e. The van der Waals surface area contributed by atoms with Gasteiger partial charge in [0, 0.05) is 12.4 Å². The minimum Gasteiger partial charge on any atom is -0.241 e. The molecule has 0 aliphatic carbocycles. The van der Waals surface area contributed by atoms with Gasteiger partial charge in [-0.05, 0) is 22.9 Å². The third-order valence-corrected chi connectivity index (χ3v) is 1.16. The highest BCUT2D eigenvalue weighted by Crippen LogP contribution is 2.02. The van der Waals surface area contributed by atoms with Gasteiger partial charge in [-0.1, -0.05) is 7.43 Å². The Labute approximate surface area is 63.5 Å². The van der Waals surface area contributed by atoms with Crippen LogP contribution in [0.4, 0.5) is 0 Å². The first-order valence-corrected chi connectivity index (χ1v) is 3.02. The number of aromatic nitrogens is 2. The van der Waals surface area contributed by atoms with Gasteiger partial charge in [0.1, 0.15) is 5.82 Å². The second kappa shape index (κ2) is 3.56. The van der Waals surface area contributed by atoms with Gasteiger partial charge >= 0.3 is 0 Å². The summed E-state index contributed by atoms with van der Waals surface area (Å²) < 4.78 is 0.920. The first-order valence-electron chi connectivity index (χ1n) is 2.23. The summed E-state index contributed by atoms with van der Waals surface area (Å²) >= 11 is 3.22. The van der Waals surface area contributed by atoms with Crippen molar-refractivity contribution in [1.29, 1.82) is 0 Å². The third kappa shape index (κ3) is 2.56. The molecule has 0 aliphatic rings. The van der Waals surface area contributed by atoms with Crippen LogP contribution in [-0.4, -0.2) is 9.97 Å². The molecule has 1 heterocycles. The van der Waals surface area contributed by atoms with E-state index in [9.17, 15) is 0 Å². The van der Waals surface area contributed by atoms with Crippen molar-refractivity contribution in [2.24, 2.45) is 0 Å². The zero-order valence-corrected chi connectivity index (χ0v) is 6.01. The Morgan fingerprint density at radius 1 is 1.33 bits per heavy atom. The lowest BCUT2D eigenvalue weighted by Gasteiger charge is -1.87. The van der Waals surface area contributed by atoms with Crippen molar-refractivity contribution in [3.05, 3.63) is 22.7 Å². The number of rotatable bonds is 0. The molecular weight excluding hydrogens is 180 g/mol. The largest absolute Gasteiger partial charge is 0.241 e. The second-order valence-corrected chi connectivity index (χ2v) is 2.36. The number of nitrogens with zero attached hydrogens (tertiary/aromatic N) is 2. The van der Waals surface area contributed by atoms with Crippen molar-refractivity contribution in [2.45, 2.75) is 14.4 Å². The molecule has 1 rings (SSSR count). The topological polar surface area (TPSA) is 25.8 Å². The monoisotopic (exact) mass is 188 g/mol. The van der Waals surface area contributed by atoms with E-state index in [1.54, 1.807) is 12.4 Å². The summed E-state index contributed by atoms with van der Waals surface area (Å²) in [6, 6.07) is 0. The van der Waals surface area contributed by atoms with Crippen LogP contribution in [0.3, 0.4) is 0 Å². The molecule has 0 saturated carbocycles. The fourth-order valence-electron chi connectivity index (χ4n) is 0.377. The van der Waals surface area contributed by atoms with E-state index in [2.05, 4.69) is 25.9 Å². The van der Waals surface area contributed by atoms with E-state index < -0.39 is 0 Å². The van der Waals surface area contributed by atoms with E-state index in [-0.39, 0.29) is 7.43 Å². The van der Waals surface area contributed by atoms with Crippen LogP contribution >= 0.6 is 15.9 Å². The predicted octanol–water partition coefficient (Wildman–Crippen LogP) is 2.18. The minimum absolute atomic E-state index is 0. The van der Waals surface area contributed by atoms with Crippen LogP contribution in [0.15, 0.2) is 16.9 Å². The van der Waals surface area contributed by atoms with Crippen molar-refractivity contribution >= 4 is 15.9 Å². The summed E-state index contributed by atoms with van der Waals surface area (Å²) in [4.78, 5) is 7.84. The zero-order chi connectivity index (χ0) is 5.98. The molecule has 9 heavy (non-hydrogen) atoms. The molecule has 0 atom stereocenters. The molecule has 1 aromatic heterocycles. The van der Waals surface area contributed by atoms with Crippen LogP contribution in [-0.2, 0) is 0 Å². The fourth-order valence-corrected chi connectivity index (χ4v) is 0.582. The molecule has 0 fully saturated rings. The maximum Gasteiger partial charge on any atom is 0.125 e. The Morgan fingerprint density at radius 3 is 2.11 bits per heavy atom. The van der Waals surface area contributed by atoms with Crippen molar-refractivity contribution in [3.63, 3.8) is 0 Å². The van der Waals surface area contributed by atoms with Crippen LogP contribution in [0, 0.1) is 6.92 Å². The number of halogens is 1. The van der Waals surface area contributed by atoms with Crippen LogP contribution in [0.1, 0.15) is 13.3 Å². The van der Waals surface area contributed by atoms with E-state index in [4.69, 9.17) is 0 Å². The molecule has 0 bridgehead atoms. The van der Waals surface area contributed by atoms with Crippen molar-refractivity contribution in [1.82, 2.24) is 9.97 Å². The molecule has 0 N–H and O–H groups in total. The first kappa shape index (κ1) is 8.56. The third-order valence-electron chi connectivity index (χ3n) is 0.749. The molecule has 0 radical (unpaired) electrons. The number of aryl methyl sites for hydroxylation is 1. The summed E-state index contributed by atoms with van der Waals surface area (Å²) in [5.41, 5.74) is 0. The van der Waals surface area contributed by atoms with Gasteiger partial charge in [0.2, 0.25) is 0 Å². The quantitative estimate of drug-likeness (QED) is 0.625. The highest BCUT2D eigenvalue weighted by atomic mass is 79.9. The predicted molar refractivity (Wildman–Crippen MR) is 41.2 cm³/mol. The lowest BCUT2D eigenvalue weighted by molar-refractivity contribution is 1.04. The highest BCUT2D eigenvalue weighted by Gasteiger charge is 1.84. The lowest BCUT2D eigenvalue weighted by atomic mass is 10.6. The molecule has 0 unspecified atom stereocenters. The van der Waals surface area contributed by atoms with Gasteiger partial charge in [0.05, 0.1) is 4.47 Å². The van der Waals surface area contributed by atoms with Crippen molar-refractivity contribution < 1.29 is 0 Å². The average Bonchev–Trinajstić information content (AvgIpc) is 1.77. The second-order valence-electron chi connectivity index (χ2n) is 1.45. The molecule has 3 heteroatoms. The normalized spacial score (nSPS) is 8.22. The van der Waals surface area contributed by atoms with Crippen LogP contribution < -0.4 is 0 Å². The summed E-state index contributed by atoms with van der Waals surface area (Å²) in [5, 5.41) is 0. The zero-order valence-electron chi connectivity index (χ0n) is 4.43.